The van der Waals surface area contributed by atoms with E-state index in [1.165, 1.54) is 14.0 Å². The molecule has 9 nitrogen and oxygen atoms in total. The molecule has 3 unspecified atom stereocenters. The first-order valence-corrected chi connectivity index (χ1v) is 11.9. The Morgan fingerprint density at radius 1 is 0.972 bits per heavy atom. The average Bonchev–Trinajstić information content (AvgIpc) is 2.81. The molecule has 36 heavy (non-hydrogen) atoms. The smallest absolute Gasteiger partial charge is 0.410 e. The summed E-state index contributed by atoms with van der Waals surface area (Å²) in [6.07, 6.45) is -4.71. The van der Waals surface area contributed by atoms with Crippen molar-refractivity contribution in [1.29, 1.82) is 0 Å². The molecule has 2 rings (SSSR count). The van der Waals surface area contributed by atoms with E-state index in [0.717, 1.165) is 10.5 Å². The number of hydrogen-bond donors (Lipinski definition) is 4. The zero-order chi connectivity index (χ0) is 26.9. The molecule has 2 aromatic rings. The predicted octanol–water partition coefficient (Wildman–Crippen LogP) is 3.56. The molecule has 9 heteroatoms. The first-order chi connectivity index (χ1) is 16.9. The van der Waals surface area contributed by atoms with E-state index in [9.17, 15) is 24.6 Å². The lowest BCUT2D eigenvalue weighted by Gasteiger charge is -2.46. The summed E-state index contributed by atoms with van der Waals surface area (Å²) in [5.74, 6) is -0.498. The van der Waals surface area contributed by atoms with Crippen molar-refractivity contribution in [3.8, 4) is 0 Å². The highest BCUT2D eigenvalue weighted by molar-refractivity contribution is 5.90. The fourth-order valence-electron chi connectivity index (χ4n) is 4.05. The van der Waals surface area contributed by atoms with E-state index in [4.69, 9.17) is 4.74 Å². The number of amides is 2. The van der Waals surface area contributed by atoms with Crippen molar-refractivity contribution in [3.05, 3.63) is 71.8 Å². The number of carbonyl (C=O) groups excluding carboxylic acids is 2. The molecular weight excluding hydrogens is 462 g/mol. The number of hydrogen-bond acceptors (Lipinski definition) is 6. The summed E-state index contributed by atoms with van der Waals surface area (Å²) in [6, 6.07) is 18.3. The summed E-state index contributed by atoms with van der Waals surface area (Å²) in [4.78, 5) is 39.3. The quantitative estimate of drug-likeness (QED) is 0.348. The van der Waals surface area contributed by atoms with Gasteiger partial charge >= 0.3 is 12.2 Å². The van der Waals surface area contributed by atoms with Crippen LogP contribution in [0, 0.1) is 0 Å². The van der Waals surface area contributed by atoms with E-state index >= 15 is 0 Å². The molecule has 0 saturated heterocycles. The van der Waals surface area contributed by atoms with Crippen LogP contribution >= 0.6 is 0 Å². The molecule has 0 heterocycles. The highest BCUT2D eigenvalue weighted by Gasteiger charge is 2.49. The van der Waals surface area contributed by atoms with E-state index in [0.29, 0.717) is 12.0 Å². The number of ether oxygens (including phenoxy) is 1. The highest BCUT2D eigenvalue weighted by atomic mass is 16.6. The van der Waals surface area contributed by atoms with Crippen LogP contribution in [0.2, 0.25) is 0 Å². The lowest BCUT2D eigenvalue weighted by molar-refractivity contribution is -0.134. The monoisotopic (exact) mass is 499 g/mol. The molecule has 0 spiro atoms. The molecule has 2 amide bonds. The number of likely N-dealkylation sites (N-methyl/N-ethyl adjacent to an activating group) is 1. The third-order valence-corrected chi connectivity index (χ3v) is 5.79. The van der Waals surface area contributed by atoms with Gasteiger partial charge in [-0.1, -0.05) is 60.7 Å². The molecule has 0 aliphatic carbocycles. The van der Waals surface area contributed by atoms with Gasteiger partial charge in [0.05, 0.1) is 6.10 Å². The van der Waals surface area contributed by atoms with Gasteiger partial charge in [0.15, 0.2) is 11.4 Å². The number of nitrogens with zero attached hydrogens (tertiary/aromatic N) is 1. The maximum atomic E-state index is 13.1. The molecule has 4 N–H and O–H groups in total. The Morgan fingerprint density at radius 3 is 1.94 bits per heavy atom. The number of benzene rings is 2. The topological polar surface area (TPSA) is 128 Å². The van der Waals surface area contributed by atoms with Gasteiger partial charge in [-0.15, -0.1) is 0 Å². The largest absolute Gasteiger partial charge is 0.465 e. The summed E-state index contributed by atoms with van der Waals surface area (Å²) < 4.78 is 5.35. The molecule has 0 aliphatic rings. The number of carboxylic acid groups (broad SMARTS) is 1. The molecule has 196 valence electrons. The molecule has 0 fully saturated rings. The molecule has 0 radical (unpaired) electrons. The van der Waals surface area contributed by atoms with E-state index in [1.807, 2.05) is 36.4 Å². The van der Waals surface area contributed by atoms with Crippen molar-refractivity contribution >= 4 is 18.0 Å². The number of aliphatic hydroxyl groups is 1. The normalized spacial score (nSPS) is 14.7. The fraction of sp³-hybridized carbons (Fsp3) is 0.444. The Hall–Kier alpha value is -3.43. The van der Waals surface area contributed by atoms with Gasteiger partial charge in [-0.25, -0.2) is 9.59 Å². The Labute approximate surface area is 212 Å². The minimum absolute atomic E-state index is 0.0239. The Morgan fingerprint density at radius 2 is 1.50 bits per heavy atom. The predicted molar refractivity (Wildman–Crippen MR) is 136 cm³/mol. The molecule has 0 saturated carbocycles. The molecule has 0 aliphatic heterocycles. The zero-order valence-electron chi connectivity index (χ0n) is 21.5. The summed E-state index contributed by atoms with van der Waals surface area (Å²) in [7, 11) is 1.47. The summed E-state index contributed by atoms with van der Waals surface area (Å²) >= 11 is 0. The van der Waals surface area contributed by atoms with Gasteiger partial charge in [0.25, 0.3) is 0 Å². The maximum absolute atomic E-state index is 13.1. The lowest BCUT2D eigenvalue weighted by Crippen LogP contribution is -2.72. The number of carbonyl (C=O) groups is 3. The van der Waals surface area contributed by atoms with E-state index < -0.39 is 41.5 Å². The van der Waals surface area contributed by atoms with E-state index in [2.05, 4.69) is 10.6 Å². The number of alkyl carbamates (subject to hydrolysis) is 1. The van der Waals surface area contributed by atoms with Crippen LogP contribution in [-0.4, -0.2) is 63.7 Å². The molecule has 0 aromatic heterocycles. The van der Waals surface area contributed by atoms with Crippen molar-refractivity contribution < 1.29 is 29.3 Å². The fourth-order valence-corrected chi connectivity index (χ4v) is 4.05. The van der Waals surface area contributed by atoms with Gasteiger partial charge in [-0.2, -0.15) is 0 Å². The van der Waals surface area contributed by atoms with Crippen LogP contribution in [0.5, 0.6) is 0 Å². The van der Waals surface area contributed by atoms with Crippen molar-refractivity contribution in [3.63, 3.8) is 0 Å². The van der Waals surface area contributed by atoms with Gasteiger partial charge in [0.1, 0.15) is 11.8 Å². The van der Waals surface area contributed by atoms with Crippen LogP contribution in [0.1, 0.15) is 45.2 Å². The molecule has 2 aromatic carbocycles. The second-order valence-electron chi connectivity index (χ2n) is 9.66. The average molecular weight is 500 g/mol. The van der Waals surface area contributed by atoms with Crippen LogP contribution in [0.15, 0.2) is 60.7 Å². The Bertz CT molecular complexity index is 1010. The standard InChI is InChI=1S/C27H37N3O6/c1-19(31)27(28-5,18-21-14-10-7-11-15-21)30(25(34)35)23(29-24(33)36-26(2,3)4)22(32)17-16-20-12-8-6-9-13-20/h6-15,22-23,28,32H,16-18H2,1-5H3,(H,29,33)(H,34,35). The first kappa shape index (κ1) is 28.8. The number of Topliss-reactive ketones (excluding diaryl/α,β-unsaturated/α-hetero) is 1. The van der Waals surface area contributed by atoms with E-state index in [-0.39, 0.29) is 12.8 Å². The van der Waals surface area contributed by atoms with E-state index in [1.54, 1.807) is 45.0 Å². The summed E-state index contributed by atoms with van der Waals surface area (Å²) in [5, 5.41) is 27.0. The number of nitrogens with one attached hydrogen (secondary N) is 2. The second kappa shape index (κ2) is 12.5. The Kier molecular flexibility index (Phi) is 10.0. The molecule has 3 atom stereocenters. The van der Waals surface area contributed by atoms with Crippen molar-refractivity contribution in [2.45, 2.75) is 70.5 Å². The van der Waals surface area contributed by atoms with Gasteiger partial charge in [-0.05, 0) is 58.7 Å². The Balaban J connectivity index is 2.50. The SMILES string of the molecule is CNC(Cc1ccccc1)(C(C)=O)N(C(=O)O)C(NC(=O)OC(C)(C)C)C(O)CCc1ccccc1. The summed E-state index contributed by atoms with van der Waals surface area (Å²) in [6.45, 7) is 6.29. The zero-order valence-corrected chi connectivity index (χ0v) is 21.5. The third kappa shape index (κ3) is 7.79. The summed E-state index contributed by atoms with van der Waals surface area (Å²) in [5.41, 5.74) is -1.00. The second-order valence-corrected chi connectivity index (χ2v) is 9.66. The van der Waals surface area contributed by atoms with Crippen molar-refractivity contribution in [2.24, 2.45) is 0 Å². The third-order valence-electron chi connectivity index (χ3n) is 5.79. The highest BCUT2D eigenvalue weighted by Crippen LogP contribution is 2.25. The first-order valence-electron chi connectivity index (χ1n) is 11.9. The minimum Gasteiger partial charge on any atom is -0.465 e. The van der Waals surface area contributed by atoms with Crippen LogP contribution in [-0.2, 0) is 22.4 Å². The van der Waals surface area contributed by atoms with Crippen molar-refractivity contribution in [1.82, 2.24) is 15.5 Å². The number of ketones is 1. The molecule has 0 bridgehead atoms. The number of aliphatic hydroxyl groups excluding tert-OH is 1. The number of rotatable bonds is 11. The van der Waals surface area contributed by atoms with Gasteiger partial charge < -0.3 is 14.9 Å². The lowest BCUT2D eigenvalue weighted by atomic mass is 9.92. The van der Waals surface area contributed by atoms with Gasteiger partial charge in [0, 0.05) is 6.42 Å². The van der Waals surface area contributed by atoms with Crippen LogP contribution in [0.4, 0.5) is 9.59 Å². The van der Waals surface area contributed by atoms with Crippen molar-refractivity contribution in [2.75, 3.05) is 7.05 Å². The maximum Gasteiger partial charge on any atom is 0.410 e. The number of aryl methyl sites for hydroxylation is 1. The van der Waals surface area contributed by atoms with Gasteiger partial charge in [-0.3, -0.25) is 20.3 Å². The van der Waals surface area contributed by atoms with Crippen LogP contribution in [0.25, 0.3) is 0 Å². The molecular formula is C27H37N3O6. The van der Waals surface area contributed by atoms with Crippen LogP contribution < -0.4 is 10.6 Å². The van der Waals surface area contributed by atoms with Gasteiger partial charge in [0.2, 0.25) is 0 Å². The van der Waals surface area contributed by atoms with Crippen LogP contribution in [0.3, 0.4) is 0 Å². The minimum atomic E-state index is -1.78.